The molecule has 3 heterocycles. The van der Waals surface area contributed by atoms with Crippen molar-refractivity contribution < 1.29 is 0 Å². The van der Waals surface area contributed by atoms with Gasteiger partial charge in [0.15, 0.2) is 5.96 Å². The summed E-state index contributed by atoms with van der Waals surface area (Å²) in [5.41, 5.74) is 2.32. The molecule has 148 valence electrons. The van der Waals surface area contributed by atoms with Gasteiger partial charge in [-0.1, -0.05) is 6.07 Å². The highest BCUT2D eigenvalue weighted by Gasteiger charge is 2.19. The fourth-order valence-electron chi connectivity index (χ4n) is 3.07. The second-order valence-corrected chi connectivity index (χ2v) is 9.05. The normalized spacial score (nSPS) is 15.5. The number of halogens is 2. The molecule has 1 aliphatic heterocycles. The molecule has 0 radical (unpaired) electrons. The number of hydrogen-bond acceptors (Lipinski definition) is 4. The predicted octanol–water partition coefficient (Wildman–Crippen LogP) is 3.77. The maximum Gasteiger partial charge on any atom is 0.193 e. The van der Waals surface area contributed by atoms with Gasteiger partial charge in [0.25, 0.3) is 0 Å². The van der Waals surface area contributed by atoms with Crippen molar-refractivity contribution in [3.05, 3.63) is 50.4 Å². The maximum atomic E-state index is 4.46. The molecule has 0 bridgehead atoms. The highest BCUT2D eigenvalue weighted by atomic mass is 127. The number of guanidine groups is 1. The molecule has 0 saturated carbocycles. The van der Waals surface area contributed by atoms with Gasteiger partial charge in [-0.2, -0.15) is 0 Å². The molecule has 0 unspecified atom stereocenters. The number of aromatic nitrogens is 1. The Morgan fingerprint density at radius 3 is 2.59 bits per heavy atom. The fraction of sp³-hybridized carbons (Fsp3) is 0.474. The van der Waals surface area contributed by atoms with Gasteiger partial charge in [0.05, 0.1) is 3.79 Å². The molecule has 0 atom stereocenters. The van der Waals surface area contributed by atoms with Crippen LogP contribution in [0.4, 0.5) is 0 Å². The van der Waals surface area contributed by atoms with Crippen molar-refractivity contribution >= 4 is 57.2 Å². The number of aryl methyl sites for hydroxylation is 1. The Labute approximate surface area is 191 Å². The molecule has 0 spiro atoms. The van der Waals surface area contributed by atoms with Crippen LogP contribution in [0.1, 0.15) is 16.1 Å². The average Bonchev–Trinajstić information content (AvgIpc) is 3.06. The van der Waals surface area contributed by atoms with Crippen molar-refractivity contribution in [1.82, 2.24) is 20.1 Å². The number of pyridine rings is 1. The fourth-order valence-corrected chi connectivity index (χ4v) is 4.60. The van der Waals surface area contributed by atoms with Crippen LogP contribution in [0.2, 0.25) is 0 Å². The summed E-state index contributed by atoms with van der Waals surface area (Å²) < 4.78 is 1.21. The first-order valence-electron chi connectivity index (χ1n) is 8.98. The van der Waals surface area contributed by atoms with Gasteiger partial charge >= 0.3 is 0 Å². The third kappa shape index (κ3) is 6.99. The molecule has 27 heavy (non-hydrogen) atoms. The SMILES string of the molecule is CN=C(NCCc1ccc(C)nc1)N1CCN(Cc2ccc(Br)s2)CC1.I. The van der Waals surface area contributed by atoms with Crippen LogP contribution in [0.25, 0.3) is 0 Å². The lowest BCUT2D eigenvalue weighted by Crippen LogP contribution is -2.52. The van der Waals surface area contributed by atoms with E-state index >= 15 is 0 Å². The predicted molar refractivity (Wildman–Crippen MR) is 128 cm³/mol. The van der Waals surface area contributed by atoms with Gasteiger partial charge in [-0.15, -0.1) is 35.3 Å². The van der Waals surface area contributed by atoms with Crippen molar-refractivity contribution in [3.63, 3.8) is 0 Å². The molecule has 5 nitrogen and oxygen atoms in total. The van der Waals surface area contributed by atoms with Gasteiger partial charge in [-0.3, -0.25) is 14.9 Å². The summed E-state index contributed by atoms with van der Waals surface area (Å²) in [6, 6.07) is 8.55. The zero-order chi connectivity index (χ0) is 18.4. The summed E-state index contributed by atoms with van der Waals surface area (Å²) in [6.45, 7) is 8.09. The summed E-state index contributed by atoms with van der Waals surface area (Å²) >= 11 is 5.37. The number of thiophene rings is 1. The molecule has 1 N–H and O–H groups in total. The molecule has 1 saturated heterocycles. The number of piperazine rings is 1. The Kier molecular flexibility index (Phi) is 9.47. The third-order valence-electron chi connectivity index (χ3n) is 4.56. The smallest absolute Gasteiger partial charge is 0.193 e. The molecular weight excluding hydrogens is 537 g/mol. The van der Waals surface area contributed by atoms with Gasteiger partial charge in [0.2, 0.25) is 0 Å². The van der Waals surface area contributed by atoms with E-state index in [4.69, 9.17) is 0 Å². The lowest BCUT2D eigenvalue weighted by molar-refractivity contribution is 0.174. The Morgan fingerprint density at radius 2 is 2.00 bits per heavy atom. The zero-order valence-electron chi connectivity index (χ0n) is 15.8. The quantitative estimate of drug-likeness (QED) is 0.342. The van der Waals surface area contributed by atoms with Gasteiger partial charge in [0.1, 0.15) is 0 Å². The van der Waals surface area contributed by atoms with Crippen LogP contribution in [-0.2, 0) is 13.0 Å². The van der Waals surface area contributed by atoms with E-state index in [1.54, 1.807) is 0 Å². The molecule has 2 aromatic heterocycles. The molecule has 1 aliphatic rings. The van der Waals surface area contributed by atoms with Crippen molar-refractivity contribution in [2.75, 3.05) is 39.8 Å². The highest BCUT2D eigenvalue weighted by Crippen LogP contribution is 2.23. The minimum Gasteiger partial charge on any atom is -0.356 e. The number of rotatable bonds is 5. The van der Waals surface area contributed by atoms with Crippen molar-refractivity contribution in [3.8, 4) is 0 Å². The summed E-state index contributed by atoms with van der Waals surface area (Å²) in [4.78, 5) is 15.1. The van der Waals surface area contributed by atoms with Gasteiger partial charge in [-0.05, 0) is 53.0 Å². The minimum absolute atomic E-state index is 0. The van der Waals surface area contributed by atoms with E-state index in [2.05, 4.69) is 65.3 Å². The Hall–Kier alpha value is -0.710. The number of hydrogen-bond donors (Lipinski definition) is 1. The van der Waals surface area contributed by atoms with Crippen LogP contribution < -0.4 is 5.32 Å². The van der Waals surface area contributed by atoms with E-state index < -0.39 is 0 Å². The largest absolute Gasteiger partial charge is 0.356 e. The topological polar surface area (TPSA) is 43.8 Å². The van der Waals surface area contributed by atoms with Crippen LogP contribution in [0.5, 0.6) is 0 Å². The summed E-state index contributed by atoms with van der Waals surface area (Å²) in [6.07, 6.45) is 2.92. The zero-order valence-corrected chi connectivity index (χ0v) is 20.6. The van der Waals surface area contributed by atoms with Crippen LogP contribution in [-0.4, -0.2) is 60.5 Å². The Balaban J connectivity index is 0.00000261. The van der Waals surface area contributed by atoms with Crippen molar-refractivity contribution in [2.45, 2.75) is 19.9 Å². The third-order valence-corrected chi connectivity index (χ3v) is 6.17. The second kappa shape index (κ2) is 11.3. The van der Waals surface area contributed by atoms with E-state index in [1.165, 1.54) is 14.2 Å². The first-order chi connectivity index (χ1) is 12.6. The van der Waals surface area contributed by atoms with Crippen LogP contribution in [0.3, 0.4) is 0 Å². The van der Waals surface area contributed by atoms with Crippen LogP contribution in [0.15, 0.2) is 39.2 Å². The van der Waals surface area contributed by atoms with Crippen molar-refractivity contribution in [2.24, 2.45) is 4.99 Å². The second-order valence-electron chi connectivity index (χ2n) is 6.50. The molecule has 3 rings (SSSR count). The summed E-state index contributed by atoms with van der Waals surface area (Å²) in [5.74, 6) is 1.00. The Bertz CT molecular complexity index is 726. The van der Waals surface area contributed by atoms with Crippen LogP contribution in [0, 0.1) is 6.92 Å². The van der Waals surface area contributed by atoms with Crippen LogP contribution >= 0.6 is 51.2 Å². The number of nitrogens with zero attached hydrogens (tertiary/aromatic N) is 4. The number of nitrogens with one attached hydrogen (secondary N) is 1. The van der Waals surface area contributed by atoms with Crippen molar-refractivity contribution in [1.29, 1.82) is 0 Å². The van der Waals surface area contributed by atoms with E-state index in [1.807, 2.05) is 31.5 Å². The monoisotopic (exact) mass is 563 g/mol. The Morgan fingerprint density at radius 1 is 1.22 bits per heavy atom. The van der Waals surface area contributed by atoms with E-state index in [0.717, 1.165) is 57.3 Å². The van der Waals surface area contributed by atoms with E-state index in [-0.39, 0.29) is 24.0 Å². The molecule has 2 aromatic rings. The van der Waals surface area contributed by atoms with E-state index in [9.17, 15) is 0 Å². The molecule has 8 heteroatoms. The summed E-state index contributed by atoms with van der Waals surface area (Å²) in [7, 11) is 1.87. The van der Waals surface area contributed by atoms with Gasteiger partial charge in [-0.25, -0.2) is 0 Å². The maximum absolute atomic E-state index is 4.46. The van der Waals surface area contributed by atoms with E-state index in [0.29, 0.717) is 0 Å². The molecule has 0 aromatic carbocycles. The lowest BCUT2D eigenvalue weighted by atomic mass is 10.2. The molecule has 0 amide bonds. The lowest BCUT2D eigenvalue weighted by Gasteiger charge is -2.36. The summed E-state index contributed by atoms with van der Waals surface area (Å²) in [5, 5.41) is 3.50. The molecule has 1 fully saturated rings. The first kappa shape index (κ1) is 22.6. The number of aliphatic imine (C=N–C) groups is 1. The minimum atomic E-state index is 0. The standard InChI is InChI=1S/C19H26BrN5S.HI/c1-15-3-4-16(13-23-15)7-8-22-19(21-2)25-11-9-24(10-12-25)14-17-5-6-18(20)26-17;/h3-6,13H,7-12,14H2,1-2H3,(H,21,22);1H. The molecule has 0 aliphatic carbocycles. The molecular formula is C19H27BrIN5S. The average molecular weight is 564 g/mol. The first-order valence-corrected chi connectivity index (χ1v) is 10.6. The highest BCUT2D eigenvalue weighted by molar-refractivity contribution is 14.0. The van der Waals surface area contributed by atoms with Gasteiger partial charge < -0.3 is 10.2 Å². The van der Waals surface area contributed by atoms with Gasteiger partial charge in [0, 0.05) is 63.1 Å².